The Morgan fingerprint density at radius 1 is 0.852 bits per heavy atom. The third kappa shape index (κ3) is 2.78. The maximum atomic E-state index is 13.3. The number of carbonyl (C=O) groups excluding carboxylic acids is 1. The van der Waals surface area contributed by atoms with E-state index in [0.717, 1.165) is 22.6 Å². The molecule has 0 saturated carbocycles. The fraction of sp³-hybridized carbons (Fsp3) is 0.174. The highest BCUT2D eigenvalue weighted by atomic mass is 16.5. The summed E-state index contributed by atoms with van der Waals surface area (Å²) in [5.41, 5.74) is 5.83. The minimum absolute atomic E-state index is 0.0351. The molecule has 1 N–H and O–H groups in total. The number of hydrogen-bond acceptors (Lipinski definition) is 3. The monoisotopic (exact) mass is 358 g/mol. The SMILES string of the molecule is COc1ccc(N2NC(c3ccccc3)(c3ccccc3)[C@@H](C)C2=O)cc1. The van der Waals surface area contributed by atoms with E-state index in [0.29, 0.717) is 0 Å². The summed E-state index contributed by atoms with van der Waals surface area (Å²) in [6.45, 7) is 1.98. The highest BCUT2D eigenvalue weighted by Crippen LogP contribution is 2.43. The van der Waals surface area contributed by atoms with Crippen LogP contribution in [0.25, 0.3) is 0 Å². The summed E-state index contributed by atoms with van der Waals surface area (Å²) >= 11 is 0. The number of hydrogen-bond donors (Lipinski definition) is 1. The summed E-state index contributed by atoms with van der Waals surface area (Å²) in [6, 6.07) is 27.8. The molecule has 1 amide bonds. The van der Waals surface area contributed by atoms with Crippen LogP contribution in [-0.4, -0.2) is 13.0 Å². The van der Waals surface area contributed by atoms with Crippen LogP contribution in [0.2, 0.25) is 0 Å². The second-order valence-corrected chi connectivity index (χ2v) is 6.75. The van der Waals surface area contributed by atoms with E-state index in [1.165, 1.54) is 0 Å². The first-order chi connectivity index (χ1) is 13.2. The number of benzene rings is 3. The van der Waals surface area contributed by atoms with Crippen LogP contribution in [0.5, 0.6) is 5.75 Å². The van der Waals surface area contributed by atoms with Crippen molar-refractivity contribution in [2.24, 2.45) is 5.92 Å². The van der Waals surface area contributed by atoms with Gasteiger partial charge in [-0.25, -0.2) is 10.4 Å². The highest BCUT2D eigenvalue weighted by Gasteiger charge is 2.52. The summed E-state index contributed by atoms with van der Waals surface area (Å²) < 4.78 is 5.24. The average Bonchev–Trinajstić information content (AvgIpc) is 3.01. The number of nitrogens with one attached hydrogen (secondary N) is 1. The maximum absolute atomic E-state index is 13.3. The Bertz CT molecular complexity index is 884. The van der Waals surface area contributed by atoms with Gasteiger partial charge in [0.05, 0.1) is 24.3 Å². The topological polar surface area (TPSA) is 41.6 Å². The molecule has 0 bridgehead atoms. The molecule has 1 aliphatic rings. The largest absolute Gasteiger partial charge is 0.497 e. The fourth-order valence-corrected chi connectivity index (χ4v) is 3.83. The van der Waals surface area contributed by atoms with Crippen molar-refractivity contribution >= 4 is 11.6 Å². The Balaban J connectivity index is 1.83. The molecule has 3 aromatic rings. The minimum atomic E-state index is -0.625. The number of carbonyl (C=O) groups is 1. The molecule has 1 heterocycles. The van der Waals surface area contributed by atoms with Gasteiger partial charge in [-0.15, -0.1) is 0 Å². The number of anilines is 1. The van der Waals surface area contributed by atoms with E-state index in [-0.39, 0.29) is 11.8 Å². The standard InChI is InChI=1S/C23H22N2O2/c1-17-22(26)25(20-13-15-21(27-2)16-14-20)24-23(17,18-9-5-3-6-10-18)19-11-7-4-8-12-19/h3-17,24H,1-2H3/t17-/m0/s1. The Kier molecular flexibility index (Phi) is 4.42. The lowest BCUT2D eigenvalue weighted by Crippen LogP contribution is -2.46. The minimum Gasteiger partial charge on any atom is -0.497 e. The van der Waals surface area contributed by atoms with Gasteiger partial charge in [-0.1, -0.05) is 67.6 Å². The van der Waals surface area contributed by atoms with Crippen molar-refractivity contribution in [3.8, 4) is 5.75 Å². The molecule has 1 atom stereocenters. The van der Waals surface area contributed by atoms with Gasteiger partial charge in [0, 0.05) is 0 Å². The molecule has 27 heavy (non-hydrogen) atoms. The van der Waals surface area contributed by atoms with Crippen molar-refractivity contribution in [3.05, 3.63) is 96.1 Å². The molecule has 4 rings (SSSR count). The molecule has 4 heteroatoms. The zero-order valence-electron chi connectivity index (χ0n) is 15.4. The number of rotatable bonds is 4. The van der Waals surface area contributed by atoms with E-state index < -0.39 is 5.54 Å². The second-order valence-electron chi connectivity index (χ2n) is 6.75. The van der Waals surface area contributed by atoms with E-state index in [4.69, 9.17) is 4.74 Å². The number of ether oxygens (including phenoxy) is 1. The van der Waals surface area contributed by atoms with Crippen LogP contribution in [0.3, 0.4) is 0 Å². The van der Waals surface area contributed by atoms with Crippen LogP contribution in [0.1, 0.15) is 18.1 Å². The van der Waals surface area contributed by atoms with Crippen LogP contribution < -0.4 is 15.2 Å². The van der Waals surface area contributed by atoms with Gasteiger partial charge in [0.2, 0.25) is 5.91 Å². The summed E-state index contributed by atoms with van der Waals surface area (Å²) in [4.78, 5) is 13.3. The summed E-state index contributed by atoms with van der Waals surface area (Å²) in [5, 5.41) is 1.66. The van der Waals surface area contributed by atoms with Gasteiger partial charge in [0.15, 0.2) is 0 Å². The molecule has 0 aliphatic carbocycles. The molecule has 1 saturated heterocycles. The average molecular weight is 358 g/mol. The van der Waals surface area contributed by atoms with Crippen LogP contribution in [0, 0.1) is 5.92 Å². The highest BCUT2D eigenvalue weighted by molar-refractivity contribution is 5.98. The van der Waals surface area contributed by atoms with Gasteiger partial charge < -0.3 is 4.74 Å². The van der Waals surface area contributed by atoms with Gasteiger partial charge in [0.25, 0.3) is 0 Å². The first kappa shape index (κ1) is 17.3. The van der Waals surface area contributed by atoms with Crippen LogP contribution in [-0.2, 0) is 10.3 Å². The number of hydrazine groups is 1. The van der Waals surface area contributed by atoms with Crippen LogP contribution in [0.15, 0.2) is 84.9 Å². The van der Waals surface area contributed by atoms with E-state index in [9.17, 15) is 4.79 Å². The predicted molar refractivity (Wildman–Crippen MR) is 106 cm³/mol. The Morgan fingerprint density at radius 2 is 1.37 bits per heavy atom. The van der Waals surface area contributed by atoms with Crippen LogP contribution >= 0.6 is 0 Å². The smallest absolute Gasteiger partial charge is 0.246 e. The Morgan fingerprint density at radius 3 is 1.85 bits per heavy atom. The number of nitrogens with zero attached hydrogens (tertiary/aromatic N) is 1. The zero-order valence-corrected chi connectivity index (χ0v) is 15.4. The molecule has 0 radical (unpaired) electrons. The normalized spacial score (nSPS) is 18.5. The molecule has 3 aromatic carbocycles. The van der Waals surface area contributed by atoms with Gasteiger partial charge in [-0.2, -0.15) is 0 Å². The van der Waals surface area contributed by atoms with Crippen molar-refractivity contribution < 1.29 is 9.53 Å². The first-order valence-electron chi connectivity index (χ1n) is 9.03. The lowest BCUT2D eigenvalue weighted by molar-refractivity contribution is -0.120. The maximum Gasteiger partial charge on any atom is 0.246 e. The Hall–Kier alpha value is -3.11. The number of amides is 1. The lowest BCUT2D eigenvalue weighted by Gasteiger charge is -2.34. The molecule has 0 unspecified atom stereocenters. The van der Waals surface area contributed by atoms with Crippen LogP contribution in [0.4, 0.5) is 5.69 Å². The van der Waals surface area contributed by atoms with E-state index >= 15 is 0 Å². The molecule has 1 aliphatic heterocycles. The van der Waals surface area contributed by atoms with E-state index in [2.05, 4.69) is 29.7 Å². The molecule has 0 aromatic heterocycles. The summed E-state index contributed by atoms with van der Waals surface area (Å²) in [7, 11) is 1.63. The van der Waals surface area contributed by atoms with E-state index in [1.54, 1.807) is 12.1 Å². The molecule has 136 valence electrons. The van der Waals surface area contributed by atoms with Crippen molar-refractivity contribution in [3.63, 3.8) is 0 Å². The molecular weight excluding hydrogens is 336 g/mol. The quantitative estimate of drug-likeness (QED) is 0.763. The molecular formula is C23H22N2O2. The van der Waals surface area contributed by atoms with Crippen molar-refractivity contribution in [2.45, 2.75) is 12.5 Å². The zero-order chi connectivity index (χ0) is 18.9. The number of methoxy groups -OCH3 is 1. The van der Waals surface area contributed by atoms with Gasteiger partial charge in [-0.3, -0.25) is 4.79 Å². The van der Waals surface area contributed by atoms with Gasteiger partial charge in [0.1, 0.15) is 5.75 Å². The molecule has 4 nitrogen and oxygen atoms in total. The third-order valence-corrected chi connectivity index (χ3v) is 5.32. The summed E-state index contributed by atoms with van der Waals surface area (Å²) in [6.07, 6.45) is 0. The van der Waals surface area contributed by atoms with E-state index in [1.807, 2.05) is 67.6 Å². The van der Waals surface area contributed by atoms with Gasteiger partial charge in [-0.05, 0) is 35.4 Å². The lowest BCUT2D eigenvalue weighted by atomic mass is 9.75. The van der Waals surface area contributed by atoms with Crippen molar-refractivity contribution in [1.82, 2.24) is 5.43 Å². The van der Waals surface area contributed by atoms with Crippen molar-refractivity contribution in [2.75, 3.05) is 12.1 Å². The predicted octanol–water partition coefficient (Wildman–Crippen LogP) is 4.13. The van der Waals surface area contributed by atoms with Crippen molar-refractivity contribution in [1.29, 1.82) is 0 Å². The first-order valence-corrected chi connectivity index (χ1v) is 9.03. The molecule has 1 fully saturated rings. The Labute approximate surface area is 159 Å². The third-order valence-electron chi connectivity index (χ3n) is 5.32. The fourth-order valence-electron chi connectivity index (χ4n) is 3.83. The summed E-state index contributed by atoms with van der Waals surface area (Å²) in [5.74, 6) is 0.521. The molecule has 0 spiro atoms. The second kappa shape index (κ2) is 6.89. The van der Waals surface area contributed by atoms with Gasteiger partial charge >= 0.3 is 0 Å².